The molecule has 3 aromatic heterocycles. The maximum Gasteiger partial charge on any atom is 0.202 e. The standard InChI is InChI=1S/C28H25ClN6O3/c1-30-12-23-27-25(33-28(23)38-22-10-21(13-36)37-14-22)11-24(29)26(34-27)19-4-2-17(3-5-19)18-6-8-20(9-7-18)35-16-31-15-32-35/h2-9,11-12,15-16,21-22,33,36H,10,13-14H2,1H3/t21-,22-/m0/s1. The summed E-state index contributed by atoms with van der Waals surface area (Å²) >= 11 is 6.69. The smallest absolute Gasteiger partial charge is 0.202 e. The van der Waals surface area contributed by atoms with Gasteiger partial charge in [0.15, 0.2) is 0 Å². The molecule has 0 amide bonds. The summed E-state index contributed by atoms with van der Waals surface area (Å²) in [4.78, 5) is 16.4. The number of nitrogens with zero attached hydrogens (tertiary/aromatic N) is 5. The van der Waals surface area contributed by atoms with Gasteiger partial charge in [0.05, 0.1) is 46.8 Å². The lowest BCUT2D eigenvalue weighted by Gasteiger charge is -2.11. The summed E-state index contributed by atoms with van der Waals surface area (Å²) < 4.78 is 13.5. The molecular weight excluding hydrogens is 504 g/mol. The number of H-pyrrole nitrogens is 1. The van der Waals surface area contributed by atoms with Gasteiger partial charge in [0.2, 0.25) is 5.88 Å². The minimum atomic E-state index is -0.207. The van der Waals surface area contributed by atoms with Crippen LogP contribution in [0.1, 0.15) is 12.0 Å². The SMILES string of the molecule is CN=Cc1c(O[C@@H]2CO[C@H](CO)C2)[nH]c2cc(Cl)c(-c3ccc(-c4ccc(-n5cncn5)cc4)cc3)nc12. The molecule has 2 N–H and O–H groups in total. The molecule has 1 saturated heterocycles. The highest BCUT2D eigenvalue weighted by atomic mass is 35.5. The highest BCUT2D eigenvalue weighted by Crippen LogP contribution is 2.35. The number of aliphatic hydroxyl groups excluding tert-OH is 1. The fourth-order valence-electron chi connectivity index (χ4n) is 4.65. The zero-order valence-corrected chi connectivity index (χ0v) is 21.3. The Labute approximate surface area is 223 Å². The number of aliphatic hydroxyl groups is 1. The molecule has 9 nitrogen and oxygen atoms in total. The van der Waals surface area contributed by atoms with Gasteiger partial charge < -0.3 is 19.6 Å². The molecule has 0 spiro atoms. The van der Waals surface area contributed by atoms with E-state index in [1.807, 2.05) is 30.3 Å². The second-order valence-electron chi connectivity index (χ2n) is 9.05. The molecular formula is C28H25ClN6O3. The first-order valence-corrected chi connectivity index (χ1v) is 12.6. The molecule has 0 bridgehead atoms. The fourth-order valence-corrected chi connectivity index (χ4v) is 4.91. The normalized spacial score (nSPS) is 17.6. The number of aromatic amines is 1. The summed E-state index contributed by atoms with van der Waals surface area (Å²) in [5.74, 6) is 0.559. The van der Waals surface area contributed by atoms with E-state index in [-0.39, 0.29) is 18.8 Å². The van der Waals surface area contributed by atoms with Crippen molar-refractivity contribution in [2.45, 2.75) is 18.6 Å². The largest absolute Gasteiger partial charge is 0.473 e. The third-order valence-corrected chi connectivity index (χ3v) is 6.84. The second-order valence-corrected chi connectivity index (χ2v) is 9.46. The van der Waals surface area contributed by atoms with Crippen molar-refractivity contribution in [2.75, 3.05) is 20.3 Å². The van der Waals surface area contributed by atoms with Crippen LogP contribution in [0.3, 0.4) is 0 Å². The lowest BCUT2D eigenvalue weighted by Crippen LogP contribution is -2.18. The van der Waals surface area contributed by atoms with Gasteiger partial charge in [0.25, 0.3) is 0 Å². The Morgan fingerprint density at radius 2 is 1.89 bits per heavy atom. The predicted molar refractivity (Wildman–Crippen MR) is 146 cm³/mol. The van der Waals surface area contributed by atoms with Crippen molar-refractivity contribution in [1.29, 1.82) is 0 Å². The summed E-state index contributed by atoms with van der Waals surface area (Å²) in [5.41, 5.74) is 6.90. The molecule has 0 aliphatic carbocycles. The number of hydrogen-bond donors (Lipinski definition) is 2. The number of hydrogen-bond acceptors (Lipinski definition) is 7. The summed E-state index contributed by atoms with van der Waals surface area (Å²) in [6.07, 6.45) is 5.15. The molecule has 0 unspecified atom stereocenters. The maximum absolute atomic E-state index is 9.36. The van der Waals surface area contributed by atoms with E-state index in [9.17, 15) is 5.11 Å². The van der Waals surface area contributed by atoms with Crippen molar-refractivity contribution < 1.29 is 14.6 Å². The van der Waals surface area contributed by atoms with E-state index in [2.05, 4.69) is 44.3 Å². The summed E-state index contributed by atoms with van der Waals surface area (Å²) in [6.45, 7) is 0.391. The summed E-state index contributed by atoms with van der Waals surface area (Å²) in [7, 11) is 1.71. The molecule has 192 valence electrons. The molecule has 1 aliphatic rings. The lowest BCUT2D eigenvalue weighted by molar-refractivity contribution is 0.0531. The number of fused-ring (bicyclic) bond motifs is 1. The summed E-state index contributed by atoms with van der Waals surface area (Å²) in [6, 6.07) is 18.1. The van der Waals surface area contributed by atoms with Crippen LogP contribution >= 0.6 is 11.6 Å². The van der Waals surface area contributed by atoms with Gasteiger partial charge >= 0.3 is 0 Å². The second kappa shape index (κ2) is 10.4. The molecule has 4 heterocycles. The monoisotopic (exact) mass is 528 g/mol. The highest BCUT2D eigenvalue weighted by molar-refractivity contribution is 6.33. The number of halogens is 1. The van der Waals surface area contributed by atoms with Crippen LogP contribution in [0.25, 0.3) is 39.1 Å². The summed E-state index contributed by atoms with van der Waals surface area (Å²) in [5, 5.41) is 14.1. The van der Waals surface area contributed by atoms with Crippen molar-refractivity contribution in [3.8, 4) is 34.0 Å². The zero-order valence-electron chi connectivity index (χ0n) is 20.6. The van der Waals surface area contributed by atoms with E-state index >= 15 is 0 Å². The van der Waals surface area contributed by atoms with Crippen LogP contribution in [-0.2, 0) is 4.74 Å². The minimum Gasteiger partial charge on any atom is -0.473 e. The number of rotatable bonds is 7. The average molecular weight is 529 g/mol. The first-order chi connectivity index (χ1) is 18.6. The number of aliphatic imine (C=N–C) groups is 1. The highest BCUT2D eigenvalue weighted by Gasteiger charge is 2.28. The number of pyridine rings is 1. The van der Waals surface area contributed by atoms with Crippen LogP contribution in [0.5, 0.6) is 5.88 Å². The van der Waals surface area contributed by atoms with Gasteiger partial charge in [-0.2, -0.15) is 5.10 Å². The quantitative estimate of drug-likeness (QED) is 0.296. The van der Waals surface area contributed by atoms with Crippen molar-refractivity contribution in [1.82, 2.24) is 24.7 Å². The Kier molecular flexibility index (Phi) is 6.63. The Balaban J connectivity index is 1.29. The van der Waals surface area contributed by atoms with Crippen LogP contribution in [0, 0.1) is 0 Å². The fraction of sp³-hybridized carbons (Fsp3) is 0.214. The van der Waals surface area contributed by atoms with Gasteiger partial charge in [-0.25, -0.2) is 14.6 Å². The number of aromatic nitrogens is 5. The molecule has 0 radical (unpaired) electrons. The van der Waals surface area contributed by atoms with Gasteiger partial charge in [-0.1, -0.05) is 48.0 Å². The molecule has 2 atom stereocenters. The number of benzene rings is 2. The van der Waals surface area contributed by atoms with E-state index in [0.29, 0.717) is 29.6 Å². The van der Waals surface area contributed by atoms with Crippen molar-refractivity contribution in [2.24, 2.45) is 4.99 Å². The number of nitrogens with one attached hydrogen (secondary N) is 1. The molecule has 10 heteroatoms. The molecule has 1 fully saturated rings. The van der Waals surface area contributed by atoms with E-state index in [4.69, 9.17) is 26.1 Å². The van der Waals surface area contributed by atoms with Crippen LogP contribution in [-0.4, -0.2) is 68.5 Å². The lowest BCUT2D eigenvalue weighted by atomic mass is 10.0. The Morgan fingerprint density at radius 3 is 2.55 bits per heavy atom. The Morgan fingerprint density at radius 1 is 1.16 bits per heavy atom. The molecule has 38 heavy (non-hydrogen) atoms. The van der Waals surface area contributed by atoms with Gasteiger partial charge in [0.1, 0.15) is 24.3 Å². The van der Waals surface area contributed by atoms with Crippen molar-refractivity contribution >= 4 is 28.8 Å². The van der Waals surface area contributed by atoms with Crippen LogP contribution in [0.15, 0.2) is 72.2 Å². The molecule has 1 aliphatic heterocycles. The number of ether oxygens (including phenoxy) is 2. The van der Waals surface area contributed by atoms with E-state index in [0.717, 1.165) is 39.0 Å². The van der Waals surface area contributed by atoms with Gasteiger partial charge in [-0.3, -0.25) is 4.99 Å². The van der Waals surface area contributed by atoms with Crippen molar-refractivity contribution in [3.63, 3.8) is 0 Å². The first-order valence-electron chi connectivity index (χ1n) is 12.2. The maximum atomic E-state index is 9.36. The molecule has 0 saturated carbocycles. The molecule has 6 rings (SSSR count). The molecule has 2 aromatic carbocycles. The van der Waals surface area contributed by atoms with Crippen LogP contribution in [0.2, 0.25) is 5.02 Å². The zero-order chi connectivity index (χ0) is 26.1. The molecule has 5 aromatic rings. The van der Waals surface area contributed by atoms with Gasteiger partial charge in [-0.15, -0.1) is 0 Å². The third-order valence-electron chi connectivity index (χ3n) is 6.56. The predicted octanol–water partition coefficient (Wildman–Crippen LogP) is 4.71. The minimum absolute atomic E-state index is 0.0244. The van der Waals surface area contributed by atoms with Crippen LogP contribution < -0.4 is 4.74 Å². The van der Waals surface area contributed by atoms with E-state index < -0.39 is 0 Å². The topological polar surface area (TPSA) is 110 Å². The third kappa shape index (κ3) is 4.67. The van der Waals surface area contributed by atoms with Gasteiger partial charge in [0, 0.05) is 25.2 Å². The Bertz CT molecular complexity index is 1580. The van der Waals surface area contributed by atoms with Crippen molar-refractivity contribution in [3.05, 3.63) is 77.8 Å². The van der Waals surface area contributed by atoms with Gasteiger partial charge in [-0.05, 0) is 29.3 Å². The van der Waals surface area contributed by atoms with Crippen LogP contribution in [0.4, 0.5) is 0 Å². The van der Waals surface area contributed by atoms with E-state index in [1.54, 1.807) is 24.3 Å². The first kappa shape index (κ1) is 24.3. The average Bonchev–Trinajstić information content (AvgIpc) is 3.70. The van der Waals surface area contributed by atoms with E-state index in [1.165, 1.54) is 6.33 Å². The Hall–Kier alpha value is -4.05.